The number of fused-ring (bicyclic) bond motifs is 2. The molecule has 0 saturated carbocycles. The van der Waals surface area contributed by atoms with Gasteiger partial charge in [0.05, 0.1) is 5.02 Å². The second kappa shape index (κ2) is 5.28. The van der Waals surface area contributed by atoms with E-state index in [1.165, 1.54) is 19.3 Å². The molecular formula is C14H17Cl2NO. The number of ether oxygens (including phenoxy) is 1. The predicted octanol–water partition coefficient (Wildman–Crippen LogP) is 4.05. The topological polar surface area (TPSA) is 21.3 Å². The van der Waals surface area contributed by atoms with Crippen molar-refractivity contribution in [2.75, 3.05) is 0 Å². The van der Waals surface area contributed by atoms with Crippen molar-refractivity contribution in [1.29, 1.82) is 0 Å². The summed E-state index contributed by atoms with van der Waals surface area (Å²) in [7, 11) is 0. The summed E-state index contributed by atoms with van der Waals surface area (Å²) in [5, 5.41) is 4.74. The van der Waals surface area contributed by atoms with Gasteiger partial charge in [-0.15, -0.1) is 0 Å². The summed E-state index contributed by atoms with van der Waals surface area (Å²) in [4.78, 5) is 0. The molecule has 1 aromatic carbocycles. The van der Waals surface area contributed by atoms with Crippen LogP contribution in [0.4, 0.5) is 0 Å². The predicted molar refractivity (Wildman–Crippen MR) is 74.7 cm³/mol. The monoisotopic (exact) mass is 285 g/mol. The smallest absolute Gasteiger partial charge is 0.139 e. The van der Waals surface area contributed by atoms with Crippen LogP contribution in [0.15, 0.2) is 18.2 Å². The third-order valence-electron chi connectivity index (χ3n) is 3.88. The molecule has 2 heterocycles. The number of benzene rings is 1. The highest BCUT2D eigenvalue weighted by atomic mass is 35.5. The molecule has 2 saturated heterocycles. The first-order valence-corrected chi connectivity index (χ1v) is 7.34. The van der Waals surface area contributed by atoms with Gasteiger partial charge in [0.2, 0.25) is 0 Å². The summed E-state index contributed by atoms with van der Waals surface area (Å²) in [6.07, 6.45) is 6.27. The molecule has 0 aliphatic carbocycles. The molecule has 0 radical (unpaired) electrons. The molecule has 2 aliphatic heterocycles. The Balaban J connectivity index is 1.71. The second-order valence-electron chi connectivity index (χ2n) is 5.25. The van der Waals surface area contributed by atoms with Gasteiger partial charge in [-0.25, -0.2) is 0 Å². The van der Waals surface area contributed by atoms with E-state index in [4.69, 9.17) is 27.9 Å². The van der Waals surface area contributed by atoms with Crippen LogP contribution < -0.4 is 10.1 Å². The molecule has 0 amide bonds. The van der Waals surface area contributed by atoms with E-state index in [2.05, 4.69) is 5.32 Å². The molecule has 0 spiro atoms. The van der Waals surface area contributed by atoms with E-state index in [1.807, 2.05) is 12.1 Å². The molecular weight excluding hydrogens is 269 g/mol. The van der Waals surface area contributed by atoms with Crippen LogP contribution >= 0.6 is 23.2 Å². The van der Waals surface area contributed by atoms with Gasteiger partial charge in [-0.2, -0.15) is 0 Å². The minimum atomic E-state index is 0.262. The SMILES string of the molecule is Clc1cccc(O[C@@H]2C[C@H]3CCC[C@@H](C2)N3)c1Cl. The van der Waals surface area contributed by atoms with E-state index in [1.54, 1.807) is 6.07 Å². The van der Waals surface area contributed by atoms with E-state index in [0.29, 0.717) is 27.9 Å². The highest BCUT2D eigenvalue weighted by Crippen LogP contribution is 2.35. The molecule has 2 bridgehead atoms. The molecule has 0 aromatic heterocycles. The fourth-order valence-electron chi connectivity index (χ4n) is 3.06. The average molecular weight is 286 g/mol. The Kier molecular flexibility index (Phi) is 3.69. The van der Waals surface area contributed by atoms with E-state index in [0.717, 1.165) is 12.8 Å². The van der Waals surface area contributed by atoms with E-state index < -0.39 is 0 Å². The summed E-state index contributed by atoms with van der Waals surface area (Å²) in [5.41, 5.74) is 0. The number of nitrogens with one attached hydrogen (secondary N) is 1. The van der Waals surface area contributed by atoms with Crippen LogP contribution in [0, 0.1) is 0 Å². The number of hydrogen-bond acceptors (Lipinski definition) is 2. The van der Waals surface area contributed by atoms with Crippen molar-refractivity contribution >= 4 is 23.2 Å². The molecule has 2 nitrogen and oxygen atoms in total. The highest BCUT2D eigenvalue weighted by Gasteiger charge is 2.32. The van der Waals surface area contributed by atoms with E-state index >= 15 is 0 Å². The zero-order valence-electron chi connectivity index (χ0n) is 10.2. The lowest BCUT2D eigenvalue weighted by Crippen LogP contribution is -2.51. The van der Waals surface area contributed by atoms with Gasteiger partial charge in [0, 0.05) is 12.1 Å². The van der Waals surface area contributed by atoms with Gasteiger partial charge in [0.15, 0.2) is 0 Å². The van der Waals surface area contributed by atoms with Crippen LogP contribution in [0.25, 0.3) is 0 Å². The van der Waals surface area contributed by atoms with Gasteiger partial charge in [0.25, 0.3) is 0 Å². The summed E-state index contributed by atoms with van der Waals surface area (Å²) >= 11 is 12.2. The maximum atomic E-state index is 6.16. The Morgan fingerprint density at radius 3 is 2.56 bits per heavy atom. The lowest BCUT2D eigenvalue weighted by molar-refractivity contribution is 0.0928. The van der Waals surface area contributed by atoms with Crippen LogP contribution in [0.3, 0.4) is 0 Å². The zero-order valence-corrected chi connectivity index (χ0v) is 11.7. The lowest BCUT2D eigenvalue weighted by Gasteiger charge is -2.40. The van der Waals surface area contributed by atoms with Crippen molar-refractivity contribution in [2.24, 2.45) is 0 Å². The quantitative estimate of drug-likeness (QED) is 0.885. The Morgan fingerprint density at radius 1 is 1.11 bits per heavy atom. The van der Waals surface area contributed by atoms with Gasteiger partial charge in [0.1, 0.15) is 16.9 Å². The summed E-state index contributed by atoms with van der Waals surface area (Å²) in [5.74, 6) is 0.717. The molecule has 4 heteroatoms. The van der Waals surface area contributed by atoms with Crippen LogP contribution in [-0.4, -0.2) is 18.2 Å². The van der Waals surface area contributed by atoms with Crippen molar-refractivity contribution in [3.8, 4) is 5.75 Å². The fourth-order valence-corrected chi connectivity index (χ4v) is 3.40. The first-order chi connectivity index (χ1) is 8.72. The molecule has 2 fully saturated rings. The van der Waals surface area contributed by atoms with E-state index in [-0.39, 0.29) is 6.10 Å². The maximum absolute atomic E-state index is 6.16. The van der Waals surface area contributed by atoms with Gasteiger partial charge in [-0.3, -0.25) is 0 Å². The van der Waals surface area contributed by atoms with Crippen LogP contribution in [0.1, 0.15) is 32.1 Å². The van der Waals surface area contributed by atoms with Gasteiger partial charge < -0.3 is 10.1 Å². The van der Waals surface area contributed by atoms with Crippen LogP contribution in [-0.2, 0) is 0 Å². The number of hydrogen-bond donors (Lipinski definition) is 1. The summed E-state index contributed by atoms with van der Waals surface area (Å²) in [6, 6.07) is 6.78. The average Bonchev–Trinajstić information content (AvgIpc) is 2.35. The van der Waals surface area contributed by atoms with Crippen molar-refractivity contribution in [3.63, 3.8) is 0 Å². The molecule has 0 unspecified atom stereocenters. The van der Waals surface area contributed by atoms with Crippen molar-refractivity contribution < 1.29 is 4.74 Å². The number of piperidine rings is 2. The van der Waals surface area contributed by atoms with Gasteiger partial charge in [-0.05, 0) is 37.8 Å². The Labute approximate surface area is 118 Å². The number of halogens is 2. The van der Waals surface area contributed by atoms with Gasteiger partial charge >= 0.3 is 0 Å². The summed E-state index contributed by atoms with van der Waals surface area (Å²) in [6.45, 7) is 0. The molecule has 2 aliphatic rings. The molecule has 3 atom stereocenters. The molecule has 1 aromatic rings. The number of rotatable bonds is 2. The van der Waals surface area contributed by atoms with E-state index in [9.17, 15) is 0 Å². The molecule has 1 N–H and O–H groups in total. The van der Waals surface area contributed by atoms with Gasteiger partial charge in [-0.1, -0.05) is 35.7 Å². The first kappa shape index (κ1) is 12.6. The third-order valence-corrected chi connectivity index (χ3v) is 4.68. The maximum Gasteiger partial charge on any atom is 0.139 e. The lowest BCUT2D eigenvalue weighted by atomic mass is 9.85. The summed E-state index contributed by atoms with van der Waals surface area (Å²) < 4.78 is 6.05. The van der Waals surface area contributed by atoms with Crippen LogP contribution in [0.5, 0.6) is 5.75 Å². The zero-order chi connectivity index (χ0) is 12.5. The van der Waals surface area contributed by atoms with Crippen molar-refractivity contribution in [1.82, 2.24) is 5.32 Å². The van der Waals surface area contributed by atoms with Crippen molar-refractivity contribution in [2.45, 2.75) is 50.3 Å². The minimum absolute atomic E-state index is 0.262. The largest absolute Gasteiger partial charge is 0.489 e. The Hall–Kier alpha value is -0.440. The minimum Gasteiger partial charge on any atom is -0.489 e. The Morgan fingerprint density at radius 2 is 1.83 bits per heavy atom. The molecule has 3 rings (SSSR count). The normalized spacial score (nSPS) is 31.1. The standard InChI is InChI=1S/C14H17Cl2NO/c15-12-5-2-6-13(14(12)16)18-11-7-9-3-1-4-10(8-11)17-9/h2,5-6,9-11,17H,1,3-4,7-8H2/t9-,10+,11-. The molecule has 98 valence electrons. The first-order valence-electron chi connectivity index (χ1n) is 6.59. The van der Waals surface area contributed by atoms with Crippen LogP contribution in [0.2, 0.25) is 10.0 Å². The highest BCUT2D eigenvalue weighted by molar-refractivity contribution is 6.42. The fraction of sp³-hybridized carbons (Fsp3) is 0.571. The molecule has 18 heavy (non-hydrogen) atoms. The second-order valence-corrected chi connectivity index (χ2v) is 6.04. The Bertz CT molecular complexity index is 426. The third kappa shape index (κ3) is 2.61. The van der Waals surface area contributed by atoms with Crippen molar-refractivity contribution in [3.05, 3.63) is 28.2 Å².